The Hall–Kier alpha value is -1.61. The fourth-order valence-electron chi connectivity index (χ4n) is 1.28. The average Bonchev–Trinajstić information content (AvgIpc) is 2.66. The van der Waals surface area contributed by atoms with Crippen molar-refractivity contribution in [3.63, 3.8) is 0 Å². The predicted molar refractivity (Wildman–Crippen MR) is 59.0 cm³/mol. The smallest absolute Gasteiger partial charge is 0.177 e. The molecule has 1 heterocycles. The summed E-state index contributed by atoms with van der Waals surface area (Å²) >= 11 is 5.86. The van der Waals surface area contributed by atoms with Crippen LogP contribution in [0.5, 0.6) is 0 Å². The maximum atomic E-state index is 11.1. The van der Waals surface area contributed by atoms with Gasteiger partial charge in [0.05, 0.1) is 6.20 Å². The number of rotatable bonds is 2. The molecule has 0 bridgehead atoms. The Bertz CT molecular complexity index is 505. The summed E-state index contributed by atoms with van der Waals surface area (Å²) in [5.41, 5.74) is 1.37. The maximum absolute atomic E-state index is 11.1. The Balaban J connectivity index is 2.41. The SMILES string of the molecule is CC(=O)c1cnc(-c2cccc(Cl)c2)[nH]1. The van der Waals surface area contributed by atoms with Gasteiger partial charge in [-0.1, -0.05) is 23.7 Å². The second kappa shape index (κ2) is 3.87. The predicted octanol–water partition coefficient (Wildman–Crippen LogP) is 2.93. The summed E-state index contributed by atoms with van der Waals surface area (Å²) < 4.78 is 0. The Morgan fingerprint density at radius 2 is 2.27 bits per heavy atom. The number of halogens is 1. The minimum Gasteiger partial charge on any atom is -0.336 e. The molecule has 4 heteroatoms. The van der Waals surface area contributed by atoms with Gasteiger partial charge in [0.1, 0.15) is 11.5 Å². The van der Waals surface area contributed by atoms with Gasteiger partial charge in [-0.05, 0) is 12.1 Å². The number of carbonyl (C=O) groups is 1. The van der Waals surface area contributed by atoms with Crippen LogP contribution in [0.4, 0.5) is 0 Å². The highest BCUT2D eigenvalue weighted by molar-refractivity contribution is 6.30. The van der Waals surface area contributed by atoms with Crippen LogP contribution in [0, 0.1) is 0 Å². The summed E-state index contributed by atoms with van der Waals surface area (Å²) in [4.78, 5) is 18.1. The van der Waals surface area contributed by atoms with Crippen LogP contribution in [0.15, 0.2) is 30.5 Å². The molecular formula is C11H9ClN2O. The minimum atomic E-state index is -0.0317. The number of Topliss-reactive ketones (excluding diaryl/α,β-unsaturated/α-hetero) is 1. The van der Waals surface area contributed by atoms with Crippen molar-refractivity contribution in [2.45, 2.75) is 6.92 Å². The molecule has 0 fully saturated rings. The van der Waals surface area contributed by atoms with Gasteiger partial charge in [0.15, 0.2) is 5.78 Å². The van der Waals surface area contributed by atoms with E-state index < -0.39 is 0 Å². The topological polar surface area (TPSA) is 45.8 Å². The summed E-state index contributed by atoms with van der Waals surface area (Å²) in [6.07, 6.45) is 1.53. The number of hydrogen-bond acceptors (Lipinski definition) is 2. The van der Waals surface area contributed by atoms with Crippen molar-refractivity contribution < 1.29 is 4.79 Å². The van der Waals surface area contributed by atoms with E-state index in [-0.39, 0.29) is 5.78 Å². The van der Waals surface area contributed by atoms with Crippen molar-refractivity contribution in [1.82, 2.24) is 9.97 Å². The number of nitrogens with zero attached hydrogens (tertiary/aromatic N) is 1. The lowest BCUT2D eigenvalue weighted by molar-refractivity contribution is 0.101. The number of imidazole rings is 1. The third-order valence-electron chi connectivity index (χ3n) is 2.05. The van der Waals surface area contributed by atoms with Crippen LogP contribution in [0.25, 0.3) is 11.4 Å². The summed E-state index contributed by atoms with van der Waals surface area (Å²) in [6.45, 7) is 1.50. The molecule has 1 N–H and O–H groups in total. The Morgan fingerprint density at radius 3 is 2.87 bits per heavy atom. The first-order valence-corrected chi connectivity index (χ1v) is 4.86. The van der Waals surface area contributed by atoms with Gasteiger partial charge < -0.3 is 4.98 Å². The van der Waals surface area contributed by atoms with Crippen LogP contribution in [0.1, 0.15) is 17.4 Å². The van der Waals surface area contributed by atoms with E-state index in [1.807, 2.05) is 12.1 Å². The maximum Gasteiger partial charge on any atom is 0.177 e. The number of nitrogens with one attached hydrogen (secondary N) is 1. The number of hydrogen-bond donors (Lipinski definition) is 1. The number of aromatic amines is 1. The Morgan fingerprint density at radius 1 is 1.47 bits per heavy atom. The van der Waals surface area contributed by atoms with Gasteiger partial charge in [0.2, 0.25) is 0 Å². The van der Waals surface area contributed by atoms with E-state index in [4.69, 9.17) is 11.6 Å². The summed E-state index contributed by atoms with van der Waals surface area (Å²) in [7, 11) is 0. The number of carbonyl (C=O) groups excluding carboxylic acids is 1. The molecule has 0 aliphatic heterocycles. The van der Waals surface area contributed by atoms with Crippen molar-refractivity contribution in [3.05, 3.63) is 41.2 Å². The van der Waals surface area contributed by atoms with Gasteiger partial charge in [-0.2, -0.15) is 0 Å². The van der Waals surface area contributed by atoms with Crippen LogP contribution in [0.2, 0.25) is 5.02 Å². The number of benzene rings is 1. The van der Waals surface area contributed by atoms with Gasteiger partial charge in [-0.25, -0.2) is 4.98 Å². The molecule has 1 aromatic heterocycles. The molecule has 0 aliphatic rings. The molecule has 0 unspecified atom stereocenters. The van der Waals surface area contributed by atoms with Gasteiger partial charge in [-0.15, -0.1) is 0 Å². The van der Waals surface area contributed by atoms with E-state index in [0.717, 1.165) is 5.56 Å². The lowest BCUT2D eigenvalue weighted by Crippen LogP contribution is -1.91. The minimum absolute atomic E-state index is 0.0317. The quantitative estimate of drug-likeness (QED) is 0.791. The zero-order valence-electron chi connectivity index (χ0n) is 8.12. The van der Waals surface area contributed by atoms with Crippen molar-refractivity contribution in [1.29, 1.82) is 0 Å². The molecular weight excluding hydrogens is 212 g/mol. The third kappa shape index (κ3) is 2.07. The number of ketones is 1. The molecule has 0 atom stereocenters. The second-order valence-electron chi connectivity index (χ2n) is 3.21. The zero-order chi connectivity index (χ0) is 10.8. The Kier molecular flexibility index (Phi) is 2.56. The molecule has 0 saturated heterocycles. The molecule has 0 spiro atoms. The molecule has 15 heavy (non-hydrogen) atoms. The Labute approximate surface area is 92.1 Å². The van der Waals surface area contributed by atoms with Crippen molar-refractivity contribution in [2.75, 3.05) is 0 Å². The molecule has 3 nitrogen and oxygen atoms in total. The van der Waals surface area contributed by atoms with E-state index in [0.29, 0.717) is 16.5 Å². The molecule has 0 saturated carbocycles. The number of H-pyrrole nitrogens is 1. The molecule has 2 aromatic rings. The van der Waals surface area contributed by atoms with Crippen LogP contribution in [0.3, 0.4) is 0 Å². The van der Waals surface area contributed by atoms with Crippen LogP contribution < -0.4 is 0 Å². The second-order valence-corrected chi connectivity index (χ2v) is 3.65. The monoisotopic (exact) mass is 220 g/mol. The average molecular weight is 221 g/mol. The normalized spacial score (nSPS) is 10.3. The van der Waals surface area contributed by atoms with Crippen molar-refractivity contribution in [3.8, 4) is 11.4 Å². The van der Waals surface area contributed by atoms with E-state index >= 15 is 0 Å². The molecule has 0 aliphatic carbocycles. The van der Waals surface area contributed by atoms with Crippen LogP contribution in [-0.4, -0.2) is 15.8 Å². The lowest BCUT2D eigenvalue weighted by atomic mass is 10.2. The summed E-state index contributed by atoms with van der Waals surface area (Å²) in [5, 5.41) is 0.647. The fraction of sp³-hybridized carbons (Fsp3) is 0.0909. The first-order valence-electron chi connectivity index (χ1n) is 4.48. The molecule has 76 valence electrons. The number of aromatic nitrogens is 2. The zero-order valence-corrected chi connectivity index (χ0v) is 8.88. The largest absolute Gasteiger partial charge is 0.336 e. The highest BCUT2D eigenvalue weighted by atomic mass is 35.5. The van der Waals surface area contributed by atoms with Gasteiger partial charge in [0, 0.05) is 17.5 Å². The van der Waals surface area contributed by atoms with E-state index in [9.17, 15) is 4.79 Å². The van der Waals surface area contributed by atoms with E-state index in [2.05, 4.69) is 9.97 Å². The van der Waals surface area contributed by atoms with Gasteiger partial charge in [0.25, 0.3) is 0 Å². The molecule has 1 aromatic carbocycles. The van der Waals surface area contributed by atoms with Crippen LogP contribution in [-0.2, 0) is 0 Å². The standard InChI is InChI=1S/C11H9ClN2O/c1-7(15)10-6-13-11(14-10)8-3-2-4-9(12)5-8/h2-6H,1H3,(H,13,14). The summed E-state index contributed by atoms with van der Waals surface area (Å²) in [6, 6.07) is 7.31. The van der Waals surface area contributed by atoms with Crippen molar-refractivity contribution in [2.24, 2.45) is 0 Å². The van der Waals surface area contributed by atoms with Gasteiger partial charge >= 0.3 is 0 Å². The van der Waals surface area contributed by atoms with Gasteiger partial charge in [-0.3, -0.25) is 4.79 Å². The first-order chi connectivity index (χ1) is 7.16. The molecule has 0 amide bonds. The fourth-order valence-corrected chi connectivity index (χ4v) is 1.47. The summed E-state index contributed by atoms with van der Waals surface area (Å²) in [5.74, 6) is 0.624. The highest BCUT2D eigenvalue weighted by Crippen LogP contribution is 2.19. The first kappa shape index (κ1) is 9.93. The lowest BCUT2D eigenvalue weighted by Gasteiger charge is -1.96. The molecule has 0 radical (unpaired) electrons. The third-order valence-corrected chi connectivity index (χ3v) is 2.29. The molecule has 2 rings (SSSR count). The highest BCUT2D eigenvalue weighted by Gasteiger charge is 2.06. The van der Waals surface area contributed by atoms with E-state index in [1.165, 1.54) is 13.1 Å². The van der Waals surface area contributed by atoms with Crippen molar-refractivity contribution >= 4 is 17.4 Å². The van der Waals surface area contributed by atoms with Crippen LogP contribution >= 0.6 is 11.6 Å². The van der Waals surface area contributed by atoms with E-state index in [1.54, 1.807) is 12.1 Å².